The van der Waals surface area contributed by atoms with E-state index in [-0.39, 0.29) is 23.4 Å². The molecule has 2 aliphatic heterocycles. The fourth-order valence-electron chi connectivity index (χ4n) is 3.87. The zero-order valence-corrected chi connectivity index (χ0v) is 19.8. The molecule has 0 unspecified atom stereocenters. The lowest BCUT2D eigenvalue weighted by Crippen LogP contribution is -2.38. The highest BCUT2D eigenvalue weighted by atomic mass is 35.5. The second-order valence-corrected chi connectivity index (χ2v) is 11.8. The molecule has 1 amide bonds. The smallest absolute Gasteiger partial charge is 0.316 e. The predicted molar refractivity (Wildman–Crippen MR) is 120 cm³/mol. The molecule has 0 bridgehead atoms. The van der Waals surface area contributed by atoms with Crippen molar-refractivity contribution in [2.75, 3.05) is 16.4 Å². The number of benzene rings is 2. The number of halogens is 7. The molecule has 0 saturated carbocycles. The lowest BCUT2D eigenvalue weighted by molar-refractivity contribution is -0.143. The Bertz CT molecular complexity index is 1260. The van der Waals surface area contributed by atoms with E-state index in [1.165, 1.54) is 0 Å². The molecule has 0 aliphatic carbocycles. The summed E-state index contributed by atoms with van der Waals surface area (Å²) in [5.74, 6) is -1.54. The van der Waals surface area contributed by atoms with Gasteiger partial charge in [-0.2, -0.15) is 31.3 Å². The second-order valence-electron chi connectivity index (χ2n) is 8.03. The molecule has 0 aromatic heterocycles. The van der Waals surface area contributed by atoms with Gasteiger partial charge in [0.15, 0.2) is 15.0 Å². The average Bonchev–Trinajstić information content (AvgIpc) is 3.18. The number of nitrogens with zero attached hydrogens (tertiary/aromatic N) is 2. The SMILES string of the molecule is O=C(Cc1ccc(Cl)cc1)N=C1S[C@@H]2CS(=O)(=O)C[C@@H]2N1c1cc(C(F)(F)F)cc(C(F)(F)F)c1. The Morgan fingerprint density at radius 2 is 1.57 bits per heavy atom. The zero-order valence-electron chi connectivity index (χ0n) is 17.4. The van der Waals surface area contributed by atoms with E-state index >= 15 is 0 Å². The van der Waals surface area contributed by atoms with Gasteiger partial charge in [0.1, 0.15) is 0 Å². The molecule has 0 radical (unpaired) electrons. The summed E-state index contributed by atoms with van der Waals surface area (Å²) in [6.07, 6.45) is -10.4. The van der Waals surface area contributed by atoms with Gasteiger partial charge in [-0.05, 0) is 35.9 Å². The number of anilines is 1. The molecule has 5 nitrogen and oxygen atoms in total. The largest absolute Gasteiger partial charge is 0.416 e. The maximum absolute atomic E-state index is 13.4. The number of fused-ring (bicyclic) bond motifs is 1. The molecule has 2 atom stereocenters. The number of aliphatic imine (C=N–C) groups is 1. The summed E-state index contributed by atoms with van der Waals surface area (Å²) < 4.78 is 105. The van der Waals surface area contributed by atoms with Crippen molar-refractivity contribution in [3.63, 3.8) is 0 Å². The number of thioether (sulfide) groups is 1. The number of sulfone groups is 1. The monoisotopic (exact) mass is 556 g/mol. The van der Waals surface area contributed by atoms with E-state index in [0.29, 0.717) is 22.7 Å². The van der Waals surface area contributed by atoms with Crippen molar-refractivity contribution in [1.82, 2.24) is 0 Å². The molecule has 2 aromatic rings. The Labute approximate surface area is 205 Å². The number of amidine groups is 1. The first-order valence-electron chi connectivity index (χ1n) is 9.94. The fraction of sp³-hybridized carbons (Fsp3) is 0.333. The van der Waals surface area contributed by atoms with Crippen LogP contribution in [0.4, 0.5) is 32.0 Å². The van der Waals surface area contributed by atoms with Crippen molar-refractivity contribution in [1.29, 1.82) is 0 Å². The van der Waals surface area contributed by atoms with Gasteiger partial charge in [-0.25, -0.2) is 8.42 Å². The van der Waals surface area contributed by atoms with E-state index in [1.807, 2.05) is 0 Å². The molecule has 14 heteroatoms. The third kappa shape index (κ3) is 5.78. The molecule has 4 rings (SSSR count). The number of amides is 1. The van der Waals surface area contributed by atoms with E-state index in [0.717, 1.165) is 16.7 Å². The predicted octanol–water partition coefficient (Wildman–Crippen LogP) is 5.22. The number of rotatable bonds is 3. The molecule has 0 N–H and O–H groups in total. The quantitative estimate of drug-likeness (QED) is 0.485. The number of alkyl halides is 6. The van der Waals surface area contributed by atoms with Gasteiger partial charge in [-0.1, -0.05) is 35.5 Å². The highest BCUT2D eigenvalue weighted by Gasteiger charge is 2.50. The van der Waals surface area contributed by atoms with E-state index in [9.17, 15) is 39.6 Å². The highest BCUT2D eigenvalue weighted by Crippen LogP contribution is 2.44. The van der Waals surface area contributed by atoms with Crippen molar-refractivity contribution >= 4 is 50.0 Å². The molecule has 2 saturated heterocycles. The summed E-state index contributed by atoms with van der Waals surface area (Å²) in [4.78, 5) is 17.5. The summed E-state index contributed by atoms with van der Waals surface area (Å²) in [7, 11) is -3.59. The van der Waals surface area contributed by atoms with Gasteiger partial charge in [0.05, 0.1) is 35.1 Å². The van der Waals surface area contributed by atoms with Crippen LogP contribution in [0.1, 0.15) is 16.7 Å². The standard InChI is InChI=1S/C21H15ClF6N2O3S2/c22-14-3-1-11(2-4-14)5-18(31)29-19-30(16-9-35(32,33)10-17(16)34-19)15-7-12(20(23,24)25)6-13(8-15)21(26,27)28/h1-4,6-8,16-17H,5,9-10H2/t16-,17+/m0/s1. The van der Waals surface area contributed by atoms with Gasteiger partial charge < -0.3 is 4.90 Å². The van der Waals surface area contributed by atoms with Gasteiger partial charge >= 0.3 is 12.4 Å². The lowest BCUT2D eigenvalue weighted by atomic mass is 10.1. The second kappa shape index (κ2) is 9.00. The van der Waals surface area contributed by atoms with Crippen molar-refractivity contribution in [2.24, 2.45) is 4.99 Å². The Morgan fingerprint density at radius 1 is 1.00 bits per heavy atom. The maximum Gasteiger partial charge on any atom is 0.416 e. The van der Waals surface area contributed by atoms with Crippen LogP contribution < -0.4 is 4.90 Å². The van der Waals surface area contributed by atoms with Gasteiger partial charge in [0, 0.05) is 16.0 Å². The Kier molecular flexibility index (Phi) is 6.64. The molecule has 35 heavy (non-hydrogen) atoms. The van der Waals surface area contributed by atoms with Crippen LogP contribution in [0.5, 0.6) is 0 Å². The van der Waals surface area contributed by atoms with Crippen molar-refractivity contribution in [2.45, 2.75) is 30.1 Å². The van der Waals surface area contributed by atoms with Crippen LogP contribution in [0.15, 0.2) is 47.5 Å². The number of hydrogen-bond donors (Lipinski definition) is 0. The van der Waals surface area contributed by atoms with Crippen LogP contribution in [0.3, 0.4) is 0 Å². The number of carbonyl (C=O) groups is 1. The molecular weight excluding hydrogens is 542 g/mol. The minimum atomic E-state index is -5.09. The van der Waals surface area contributed by atoms with Crippen LogP contribution in [0, 0.1) is 0 Å². The Hall–Kier alpha value is -2.25. The first-order chi connectivity index (χ1) is 16.1. The van der Waals surface area contributed by atoms with Crippen molar-refractivity contribution < 1.29 is 39.6 Å². The average molecular weight is 557 g/mol. The van der Waals surface area contributed by atoms with E-state index in [1.54, 1.807) is 24.3 Å². The molecule has 2 heterocycles. The van der Waals surface area contributed by atoms with Crippen molar-refractivity contribution in [3.05, 3.63) is 64.2 Å². The third-order valence-corrected chi connectivity index (χ3v) is 8.87. The topological polar surface area (TPSA) is 66.8 Å². The minimum absolute atomic E-state index is 0.0158. The van der Waals surface area contributed by atoms with Crippen molar-refractivity contribution in [3.8, 4) is 0 Å². The van der Waals surface area contributed by atoms with E-state index in [2.05, 4.69) is 4.99 Å². The summed E-state index contributed by atoms with van der Waals surface area (Å²) in [6, 6.07) is 6.25. The van der Waals surface area contributed by atoms with E-state index < -0.39 is 62.0 Å². The summed E-state index contributed by atoms with van der Waals surface area (Å²) in [5, 5.41) is -0.420. The first-order valence-corrected chi connectivity index (χ1v) is 13.0. The third-order valence-electron chi connectivity index (χ3n) is 5.41. The van der Waals surface area contributed by atoms with E-state index in [4.69, 9.17) is 11.6 Å². The normalized spacial score (nSPS) is 23.1. The van der Waals surface area contributed by atoms with Gasteiger partial charge in [0.2, 0.25) is 0 Å². The number of carbonyl (C=O) groups excluding carboxylic acids is 1. The van der Waals surface area contributed by atoms with Crippen LogP contribution in [0.2, 0.25) is 5.02 Å². The molecule has 2 fully saturated rings. The lowest BCUT2D eigenvalue weighted by Gasteiger charge is -2.26. The molecule has 2 aromatic carbocycles. The maximum atomic E-state index is 13.4. The first kappa shape index (κ1) is 25.8. The van der Waals surface area contributed by atoms with Crippen LogP contribution >= 0.6 is 23.4 Å². The minimum Gasteiger partial charge on any atom is -0.316 e. The van der Waals surface area contributed by atoms with Crippen LogP contribution in [-0.2, 0) is 33.4 Å². The molecule has 188 valence electrons. The molecule has 2 aliphatic rings. The Morgan fingerprint density at radius 3 is 2.11 bits per heavy atom. The molecule has 0 spiro atoms. The summed E-state index contributed by atoms with van der Waals surface area (Å²) in [5.41, 5.74) is -3.10. The van der Waals surface area contributed by atoms with Gasteiger partial charge in [0.25, 0.3) is 5.91 Å². The number of hydrogen-bond acceptors (Lipinski definition) is 4. The summed E-state index contributed by atoms with van der Waals surface area (Å²) >= 11 is 6.65. The Balaban J connectivity index is 1.77. The zero-order chi connectivity index (χ0) is 25.8. The van der Waals surface area contributed by atoms with Gasteiger partial charge in [-0.15, -0.1) is 0 Å². The van der Waals surface area contributed by atoms with Crippen LogP contribution in [-0.4, -0.2) is 42.3 Å². The fourth-order valence-corrected chi connectivity index (χ4v) is 7.92. The van der Waals surface area contributed by atoms with Gasteiger partial charge in [-0.3, -0.25) is 4.79 Å². The molecular formula is C21H15ClF6N2O3S2. The highest BCUT2D eigenvalue weighted by molar-refractivity contribution is 8.16. The van der Waals surface area contributed by atoms with Crippen LogP contribution in [0.25, 0.3) is 0 Å². The summed E-state index contributed by atoms with van der Waals surface area (Å²) in [6.45, 7) is 0.